The van der Waals surface area contributed by atoms with E-state index in [9.17, 15) is 4.39 Å². The standard InChI is InChI=1S/C17H19BrFN3O/c1-20-17(21-10-12-3-7-15(23-2)8-4-12)22-11-13-5-6-14(18)9-16(13)19/h3-9H,10-11H2,1-2H3,(H2,20,21,22). The van der Waals surface area contributed by atoms with Crippen molar-refractivity contribution in [3.8, 4) is 5.75 Å². The van der Waals surface area contributed by atoms with Crippen molar-refractivity contribution in [2.24, 2.45) is 4.99 Å². The van der Waals surface area contributed by atoms with E-state index in [1.165, 1.54) is 6.07 Å². The highest BCUT2D eigenvalue weighted by atomic mass is 79.9. The molecule has 0 saturated carbocycles. The zero-order chi connectivity index (χ0) is 16.7. The molecule has 0 atom stereocenters. The molecule has 0 bridgehead atoms. The second-order valence-corrected chi connectivity index (χ2v) is 5.78. The van der Waals surface area contributed by atoms with Crippen LogP contribution in [0.1, 0.15) is 11.1 Å². The summed E-state index contributed by atoms with van der Waals surface area (Å²) in [6.45, 7) is 0.980. The van der Waals surface area contributed by atoms with Crippen molar-refractivity contribution in [1.82, 2.24) is 10.6 Å². The van der Waals surface area contributed by atoms with Gasteiger partial charge < -0.3 is 15.4 Å². The molecular formula is C17H19BrFN3O. The predicted octanol–water partition coefficient (Wildman–Crippen LogP) is 3.46. The minimum atomic E-state index is -0.252. The van der Waals surface area contributed by atoms with E-state index in [0.29, 0.717) is 24.6 Å². The van der Waals surface area contributed by atoms with Crippen LogP contribution in [-0.4, -0.2) is 20.1 Å². The third kappa shape index (κ3) is 5.25. The van der Waals surface area contributed by atoms with Crippen molar-refractivity contribution in [3.05, 3.63) is 63.9 Å². The minimum absolute atomic E-state index is 0.252. The molecular weight excluding hydrogens is 361 g/mol. The van der Waals surface area contributed by atoms with Crippen molar-refractivity contribution < 1.29 is 9.13 Å². The number of hydrogen-bond donors (Lipinski definition) is 2. The Kier molecular flexibility index (Phi) is 6.40. The summed E-state index contributed by atoms with van der Waals surface area (Å²) >= 11 is 3.25. The summed E-state index contributed by atoms with van der Waals surface area (Å²) in [5.74, 6) is 1.18. The van der Waals surface area contributed by atoms with Crippen molar-refractivity contribution >= 4 is 21.9 Å². The molecule has 0 amide bonds. The Balaban J connectivity index is 1.87. The number of benzene rings is 2. The fourth-order valence-corrected chi connectivity index (χ4v) is 2.33. The molecule has 2 rings (SSSR count). The zero-order valence-corrected chi connectivity index (χ0v) is 14.7. The largest absolute Gasteiger partial charge is 0.497 e. The average Bonchev–Trinajstić information content (AvgIpc) is 2.57. The second-order valence-electron chi connectivity index (χ2n) is 4.86. The Morgan fingerprint density at radius 3 is 2.43 bits per heavy atom. The van der Waals surface area contributed by atoms with Crippen LogP contribution in [0.15, 0.2) is 51.9 Å². The molecule has 0 radical (unpaired) electrons. The Morgan fingerprint density at radius 1 is 1.13 bits per heavy atom. The van der Waals surface area contributed by atoms with Gasteiger partial charge in [-0.3, -0.25) is 4.99 Å². The monoisotopic (exact) mass is 379 g/mol. The number of guanidine groups is 1. The molecule has 0 fully saturated rings. The van der Waals surface area contributed by atoms with E-state index in [4.69, 9.17) is 4.74 Å². The molecule has 6 heteroatoms. The first-order chi connectivity index (χ1) is 11.1. The lowest BCUT2D eigenvalue weighted by Crippen LogP contribution is -2.36. The van der Waals surface area contributed by atoms with E-state index in [0.717, 1.165) is 15.8 Å². The van der Waals surface area contributed by atoms with E-state index < -0.39 is 0 Å². The number of methoxy groups -OCH3 is 1. The number of nitrogens with zero attached hydrogens (tertiary/aromatic N) is 1. The van der Waals surface area contributed by atoms with Gasteiger partial charge in [-0.2, -0.15) is 0 Å². The SMILES string of the molecule is CN=C(NCc1ccc(OC)cc1)NCc1ccc(Br)cc1F. The number of hydrogen-bond acceptors (Lipinski definition) is 2. The lowest BCUT2D eigenvalue weighted by atomic mass is 10.2. The number of nitrogens with one attached hydrogen (secondary N) is 2. The number of halogens is 2. The molecule has 122 valence electrons. The van der Waals surface area contributed by atoms with Crippen molar-refractivity contribution in [3.63, 3.8) is 0 Å². The van der Waals surface area contributed by atoms with Crippen LogP contribution < -0.4 is 15.4 Å². The average molecular weight is 380 g/mol. The van der Waals surface area contributed by atoms with Crippen LogP contribution in [0.25, 0.3) is 0 Å². The Morgan fingerprint density at radius 2 is 1.83 bits per heavy atom. The van der Waals surface area contributed by atoms with Crippen molar-refractivity contribution in [2.45, 2.75) is 13.1 Å². The van der Waals surface area contributed by atoms with Crippen LogP contribution in [0.2, 0.25) is 0 Å². The Labute approximate surface area is 143 Å². The highest BCUT2D eigenvalue weighted by molar-refractivity contribution is 9.10. The van der Waals surface area contributed by atoms with Gasteiger partial charge in [0.2, 0.25) is 0 Å². The summed E-state index contributed by atoms with van der Waals surface area (Å²) in [5, 5.41) is 6.29. The molecule has 2 aromatic carbocycles. The van der Waals surface area contributed by atoms with Crippen molar-refractivity contribution in [2.75, 3.05) is 14.2 Å². The molecule has 2 N–H and O–H groups in total. The van der Waals surface area contributed by atoms with Gasteiger partial charge in [-0.05, 0) is 29.8 Å². The van der Waals surface area contributed by atoms with Gasteiger partial charge in [0, 0.05) is 30.2 Å². The van der Waals surface area contributed by atoms with Crippen LogP contribution in [0.4, 0.5) is 4.39 Å². The summed E-state index contributed by atoms with van der Waals surface area (Å²) < 4.78 is 19.6. The Bertz CT molecular complexity index is 674. The van der Waals surface area contributed by atoms with Crippen LogP contribution in [0.5, 0.6) is 5.75 Å². The van der Waals surface area contributed by atoms with Gasteiger partial charge in [-0.25, -0.2) is 4.39 Å². The molecule has 0 heterocycles. The molecule has 0 aliphatic heterocycles. The highest BCUT2D eigenvalue weighted by Crippen LogP contribution is 2.15. The molecule has 2 aromatic rings. The van der Waals surface area contributed by atoms with E-state index >= 15 is 0 Å². The summed E-state index contributed by atoms with van der Waals surface area (Å²) in [6, 6.07) is 12.8. The van der Waals surface area contributed by atoms with Crippen LogP contribution in [0, 0.1) is 5.82 Å². The summed E-state index contributed by atoms with van der Waals surface area (Å²) in [7, 11) is 3.32. The van der Waals surface area contributed by atoms with Gasteiger partial charge in [0.05, 0.1) is 7.11 Å². The van der Waals surface area contributed by atoms with E-state index in [-0.39, 0.29) is 5.82 Å². The summed E-state index contributed by atoms with van der Waals surface area (Å²) in [4.78, 5) is 4.14. The topological polar surface area (TPSA) is 45.7 Å². The minimum Gasteiger partial charge on any atom is -0.497 e. The van der Waals surface area contributed by atoms with Crippen LogP contribution in [0.3, 0.4) is 0 Å². The lowest BCUT2D eigenvalue weighted by Gasteiger charge is -2.13. The first-order valence-electron chi connectivity index (χ1n) is 7.13. The summed E-state index contributed by atoms with van der Waals surface area (Å²) in [5.41, 5.74) is 1.68. The number of aliphatic imine (C=N–C) groups is 1. The molecule has 0 spiro atoms. The maximum absolute atomic E-state index is 13.8. The molecule has 23 heavy (non-hydrogen) atoms. The number of ether oxygens (including phenoxy) is 1. The van der Waals surface area contributed by atoms with Gasteiger partial charge in [0.1, 0.15) is 11.6 Å². The quantitative estimate of drug-likeness (QED) is 0.617. The first-order valence-corrected chi connectivity index (χ1v) is 7.93. The summed E-state index contributed by atoms with van der Waals surface area (Å²) in [6.07, 6.45) is 0. The van der Waals surface area contributed by atoms with Gasteiger partial charge in [0.15, 0.2) is 5.96 Å². The maximum Gasteiger partial charge on any atom is 0.191 e. The molecule has 0 aromatic heterocycles. The van der Waals surface area contributed by atoms with Crippen LogP contribution >= 0.6 is 15.9 Å². The van der Waals surface area contributed by atoms with Gasteiger partial charge in [-0.1, -0.05) is 34.1 Å². The maximum atomic E-state index is 13.8. The van der Waals surface area contributed by atoms with E-state index in [2.05, 4.69) is 31.6 Å². The first kappa shape index (κ1) is 17.3. The second kappa shape index (κ2) is 8.53. The predicted molar refractivity (Wildman–Crippen MR) is 94.1 cm³/mol. The Hall–Kier alpha value is -2.08. The molecule has 0 aliphatic carbocycles. The molecule has 4 nitrogen and oxygen atoms in total. The van der Waals surface area contributed by atoms with E-state index in [1.54, 1.807) is 20.2 Å². The highest BCUT2D eigenvalue weighted by Gasteiger charge is 2.04. The molecule has 0 saturated heterocycles. The van der Waals surface area contributed by atoms with Crippen molar-refractivity contribution in [1.29, 1.82) is 0 Å². The van der Waals surface area contributed by atoms with Gasteiger partial charge >= 0.3 is 0 Å². The normalized spacial score (nSPS) is 11.2. The third-order valence-electron chi connectivity index (χ3n) is 3.30. The fourth-order valence-electron chi connectivity index (χ4n) is 1.99. The van der Waals surface area contributed by atoms with Gasteiger partial charge in [0.25, 0.3) is 0 Å². The lowest BCUT2D eigenvalue weighted by molar-refractivity contribution is 0.414. The van der Waals surface area contributed by atoms with Gasteiger partial charge in [-0.15, -0.1) is 0 Å². The molecule has 0 aliphatic rings. The zero-order valence-electron chi connectivity index (χ0n) is 13.1. The number of rotatable bonds is 5. The smallest absolute Gasteiger partial charge is 0.191 e. The van der Waals surface area contributed by atoms with Crippen LogP contribution in [-0.2, 0) is 13.1 Å². The third-order valence-corrected chi connectivity index (χ3v) is 3.80. The fraction of sp³-hybridized carbons (Fsp3) is 0.235. The molecule has 0 unspecified atom stereocenters. The van der Waals surface area contributed by atoms with E-state index in [1.807, 2.05) is 30.3 Å².